The Balaban J connectivity index is 2.16. The first-order chi connectivity index (χ1) is 10.1. The second-order valence-corrected chi connectivity index (χ2v) is 6.97. The largest absolute Gasteiger partial charge is 0.388 e. The Morgan fingerprint density at radius 1 is 1.05 bits per heavy atom. The van der Waals surface area contributed by atoms with Crippen LogP contribution >= 0.6 is 0 Å². The fourth-order valence-corrected chi connectivity index (χ4v) is 4.40. The molecular weight excluding hydrogens is 286 g/mol. The minimum Gasteiger partial charge on any atom is -0.388 e. The van der Waals surface area contributed by atoms with E-state index in [9.17, 15) is 8.42 Å². The quantitative estimate of drug-likeness (QED) is 0.901. The molecule has 1 heterocycles. The summed E-state index contributed by atoms with van der Waals surface area (Å²) in [4.78, 5) is 0.388. The van der Waals surface area contributed by atoms with E-state index in [1.807, 2.05) is 31.3 Å². The minimum atomic E-state index is -3.45. The van der Waals surface area contributed by atoms with Gasteiger partial charge in [-0.1, -0.05) is 24.3 Å². The lowest BCUT2D eigenvalue weighted by Crippen LogP contribution is -2.46. The van der Waals surface area contributed by atoms with Crippen molar-refractivity contribution >= 4 is 26.5 Å². The van der Waals surface area contributed by atoms with Gasteiger partial charge in [-0.05, 0) is 12.1 Å². The summed E-state index contributed by atoms with van der Waals surface area (Å²) in [5, 5.41) is 7.98. The van der Waals surface area contributed by atoms with E-state index in [4.69, 9.17) is 0 Å². The van der Waals surface area contributed by atoms with E-state index in [2.05, 4.69) is 10.6 Å². The van der Waals surface area contributed by atoms with Crippen LogP contribution in [0.3, 0.4) is 0 Å². The molecule has 1 aliphatic heterocycles. The van der Waals surface area contributed by atoms with Gasteiger partial charge < -0.3 is 10.6 Å². The van der Waals surface area contributed by atoms with E-state index in [1.165, 1.54) is 0 Å². The first-order valence-corrected chi connectivity index (χ1v) is 8.49. The van der Waals surface area contributed by atoms with E-state index in [0.29, 0.717) is 31.1 Å². The van der Waals surface area contributed by atoms with Crippen molar-refractivity contribution in [3.63, 3.8) is 0 Å². The molecule has 2 aromatic carbocycles. The molecule has 1 aliphatic rings. The Labute approximate surface area is 125 Å². The third-order valence-electron chi connectivity index (χ3n) is 3.85. The molecule has 0 unspecified atom stereocenters. The number of nitrogens with zero attached hydrogens (tertiary/aromatic N) is 1. The number of benzene rings is 2. The van der Waals surface area contributed by atoms with Crippen LogP contribution in [0, 0.1) is 0 Å². The summed E-state index contributed by atoms with van der Waals surface area (Å²) in [7, 11) is -1.61. The predicted molar refractivity (Wildman–Crippen MR) is 85.1 cm³/mol. The summed E-state index contributed by atoms with van der Waals surface area (Å²) in [6, 6.07) is 11.1. The maximum absolute atomic E-state index is 12.9. The maximum Gasteiger partial charge on any atom is 0.243 e. The first-order valence-electron chi connectivity index (χ1n) is 7.05. The molecule has 5 nitrogen and oxygen atoms in total. The number of anilines is 1. The Kier molecular flexibility index (Phi) is 3.84. The third kappa shape index (κ3) is 2.50. The van der Waals surface area contributed by atoms with Crippen LogP contribution in [0.2, 0.25) is 0 Å². The molecule has 1 fully saturated rings. The van der Waals surface area contributed by atoms with Crippen LogP contribution in [0.4, 0.5) is 5.69 Å². The van der Waals surface area contributed by atoms with Crippen LogP contribution < -0.4 is 10.6 Å². The van der Waals surface area contributed by atoms with Crippen LogP contribution in [0.15, 0.2) is 41.3 Å². The zero-order valence-electron chi connectivity index (χ0n) is 12.0. The van der Waals surface area contributed by atoms with Gasteiger partial charge in [-0.15, -0.1) is 0 Å². The van der Waals surface area contributed by atoms with Gasteiger partial charge in [0, 0.05) is 49.7 Å². The SMILES string of the molecule is CNc1cccc2c(S(=O)(=O)N3CCNCC3)cccc12. The van der Waals surface area contributed by atoms with E-state index in [-0.39, 0.29) is 0 Å². The molecule has 0 bridgehead atoms. The molecule has 0 aromatic heterocycles. The molecule has 112 valence electrons. The fraction of sp³-hybridized carbons (Fsp3) is 0.333. The molecule has 0 amide bonds. The average Bonchev–Trinajstić information content (AvgIpc) is 2.54. The van der Waals surface area contributed by atoms with Crippen molar-refractivity contribution in [2.24, 2.45) is 0 Å². The Hall–Kier alpha value is -1.63. The fourth-order valence-electron chi connectivity index (χ4n) is 2.75. The standard InChI is InChI=1S/C15H19N3O2S/c1-16-14-6-2-5-13-12(14)4-3-7-15(13)21(19,20)18-10-8-17-9-11-18/h2-7,16-17H,8-11H2,1H3. The van der Waals surface area contributed by atoms with Gasteiger partial charge in [0.2, 0.25) is 10.0 Å². The first kappa shape index (κ1) is 14.3. The molecule has 2 N–H and O–H groups in total. The predicted octanol–water partition coefficient (Wildman–Crippen LogP) is 1.48. The van der Waals surface area contributed by atoms with Gasteiger partial charge in [-0.3, -0.25) is 0 Å². The highest BCUT2D eigenvalue weighted by molar-refractivity contribution is 7.89. The van der Waals surface area contributed by atoms with Gasteiger partial charge in [0.05, 0.1) is 4.90 Å². The molecule has 0 aliphatic carbocycles. The molecule has 0 saturated carbocycles. The molecular formula is C15H19N3O2S. The average molecular weight is 305 g/mol. The summed E-state index contributed by atoms with van der Waals surface area (Å²) < 4.78 is 27.3. The van der Waals surface area contributed by atoms with Crippen LogP contribution in [0.1, 0.15) is 0 Å². The lowest BCUT2D eigenvalue weighted by Gasteiger charge is -2.27. The number of hydrogen-bond donors (Lipinski definition) is 2. The van der Waals surface area contributed by atoms with Crippen molar-refractivity contribution in [2.75, 3.05) is 38.5 Å². The second-order valence-electron chi connectivity index (χ2n) is 5.06. The van der Waals surface area contributed by atoms with E-state index in [1.54, 1.807) is 16.4 Å². The van der Waals surface area contributed by atoms with Crippen LogP contribution in [-0.4, -0.2) is 45.9 Å². The summed E-state index contributed by atoms with van der Waals surface area (Å²) >= 11 is 0. The lowest BCUT2D eigenvalue weighted by atomic mass is 10.1. The maximum atomic E-state index is 12.9. The van der Waals surface area contributed by atoms with E-state index in [0.717, 1.165) is 16.5 Å². The van der Waals surface area contributed by atoms with Crippen LogP contribution in [-0.2, 0) is 10.0 Å². The van der Waals surface area contributed by atoms with Gasteiger partial charge in [0.1, 0.15) is 0 Å². The Morgan fingerprint density at radius 2 is 1.71 bits per heavy atom. The summed E-state index contributed by atoms with van der Waals surface area (Å²) in [6.07, 6.45) is 0. The topological polar surface area (TPSA) is 61.4 Å². The summed E-state index contributed by atoms with van der Waals surface area (Å²) in [5.41, 5.74) is 0.935. The summed E-state index contributed by atoms with van der Waals surface area (Å²) in [6.45, 7) is 2.44. The van der Waals surface area contributed by atoms with Crippen molar-refractivity contribution in [1.82, 2.24) is 9.62 Å². The van der Waals surface area contributed by atoms with Crippen molar-refractivity contribution in [1.29, 1.82) is 0 Å². The number of rotatable bonds is 3. The number of sulfonamides is 1. The molecule has 6 heteroatoms. The van der Waals surface area contributed by atoms with Gasteiger partial charge in [-0.25, -0.2) is 8.42 Å². The third-order valence-corrected chi connectivity index (χ3v) is 5.80. The highest BCUT2D eigenvalue weighted by Crippen LogP contribution is 2.30. The molecule has 0 spiro atoms. The number of fused-ring (bicyclic) bond motifs is 1. The van der Waals surface area contributed by atoms with Crippen molar-refractivity contribution < 1.29 is 8.42 Å². The molecule has 0 radical (unpaired) electrons. The van der Waals surface area contributed by atoms with Gasteiger partial charge in [0.25, 0.3) is 0 Å². The van der Waals surface area contributed by atoms with Gasteiger partial charge in [0.15, 0.2) is 0 Å². The normalized spacial score (nSPS) is 17.0. The van der Waals surface area contributed by atoms with Gasteiger partial charge >= 0.3 is 0 Å². The second kappa shape index (κ2) is 5.63. The van der Waals surface area contributed by atoms with Crippen LogP contribution in [0.5, 0.6) is 0 Å². The Morgan fingerprint density at radius 3 is 2.43 bits per heavy atom. The number of hydrogen-bond acceptors (Lipinski definition) is 4. The van der Waals surface area contributed by atoms with Crippen molar-refractivity contribution in [3.8, 4) is 0 Å². The lowest BCUT2D eigenvalue weighted by molar-refractivity contribution is 0.360. The molecule has 1 saturated heterocycles. The molecule has 0 atom stereocenters. The number of piperazine rings is 1. The highest BCUT2D eigenvalue weighted by atomic mass is 32.2. The monoisotopic (exact) mass is 305 g/mol. The van der Waals surface area contributed by atoms with Crippen molar-refractivity contribution in [2.45, 2.75) is 4.90 Å². The molecule has 3 rings (SSSR count). The zero-order valence-corrected chi connectivity index (χ0v) is 12.8. The smallest absolute Gasteiger partial charge is 0.243 e. The van der Waals surface area contributed by atoms with Gasteiger partial charge in [-0.2, -0.15) is 4.31 Å². The molecule has 2 aromatic rings. The molecule has 21 heavy (non-hydrogen) atoms. The zero-order chi connectivity index (χ0) is 14.9. The highest BCUT2D eigenvalue weighted by Gasteiger charge is 2.27. The van der Waals surface area contributed by atoms with E-state index < -0.39 is 10.0 Å². The Bertz CT molecular complexity index is 753. The van der Waals surface area contributed by atoms with Crippen LogP contribution in [0.25, 0.3) is 10.8 Å². The summed E-state index contributed by atoms with van der Waals surface area (Å²) in [5.74, 6) is 0. The number of nitrogens with one attached hydrogen (secondary N) is 2. The van der Waals surface area contributed by atoms with E-state index >= 15 is 0 Å². The van der Waals surface area contributed by atoms with Crippen molar-refractivity contribution in [3.05, 3.63) is 36.4 Å². The minimum absolute atomic E-state index is 0.388.